The fraction of sp³-hybridized carbons (Fsp3) is 0.250. The third-order valence-electron chi connectivity index (χ3n) is 1.97. The van der Waals surface area contributed by atoms with E-state index in [1.807, 2.05) is 38.1 Å². The molecule has 0 aliphatic carbocycles. The number of hydrogen-bond donors (Lipinski definition) is 0. The van der Waals surface area contributed by atoms with Gasteiger partial charge in [0.25, 0.3) is 0 Å². The van der Waals surface area contributed by atoms with E-state index in [-0.39, 0.29) is 11.9 Å². The first-order chi connectivity index (χ1) is 7.50. The molecule has 0 aliphatic heterocycles. The Morgan fingerprint density at radius 3 is 2.75 bits per heavy atom. The minimum absolute atomic E-state index is 0.107. The van der Waals surface area contributed by atoms with Crippen molar-refractivity contribution in [3.05, 3.63) is 40.9 Å². The topological polar surface area (TPSA) is 26.3 Å². The molecule has 0 saturated heterocycles. The lowest BCUT2D eigenvalue weighted by Gasteiger charge is -2.07. The molecule has 1 aromatic carbocycles. The van der Waals surface area contributed by atoms with E-state index < -0.39 is 0 Å². The molecule has 4 heteroatoms. The number of hydrogen-bond acceptors (Lipinski definition) is 3. The summed E-state index contributed by atoms with van der Waals surface area (Å²) in [5.41, 5.74) is 0.488. The minimum atomic E-state index is -0.361. The second-order valence-electron chi connectivity index (χ2n) is 3.59. The third-order valence-corrected chi connectivity index (χ3v) is 3.14. The highest BCUT2D eigenvalue weighted by Crippen LogP contribution is 2.24. The highest BCUT2D eigenvalue weighted by molar-refractivity contribution is 9.10. The van der Waals surface area contributed by atoms with Crippen molar-refractivity contribution < 1.29 is 8.98 Å². The smallest absolute Gasteiger partial charge is 0.346 e. The summed E-state index contributed by atoms with van der Waals surface area (Å²) in [6.07, 6.45) is 0. The Hall–Kier alpha value is -0.740. The molecule has 0 saturated carbocycles. The molecule has 0 atom stereocenters. The van der Waals surface area contributed by atoms with Crippen molar-refractivity contribution in [2.45, 2.75) is 18.7 Å². The van der Waals surface area contributed by atoms with Gasteiger partial charge in [0.2, 0.25) is 0 Å². The number of rotatable bonds is 4. The zero-order chi connectivity index (χ0) is 12.1. The summed E-state index contributed by atoms with van der Waals surface area (Å²) >= 11 is 4.40. The van der Waals surface area contributed by atoms with Crippen molar-refractivity contribution in [1.29, 1.82) is 0 Å². The number of carbonyl (C=O) groups is 1. The van der Waals surface area contributed by atoms with Crippen LogP contribution in [0.15, 0.2) is 45.8 Å². The SMILES string of the molecule is C=C(C(=O)OSc1cccc(Br)c1)C(C)C. The van der Waals surface area contributed by atoms with E-state index in [2.05, 4.69) is 22.5 Å². The first kappa shape index (κ1) is 13.3. The van der Waals surface area contributed by atoms with Crippen LogP contribution in [0.1, 0.15) is 13.8 Å². The Morgan fingerprint density at radius 1 is 1.50 bits per heavy atom. The molecule has 0 spiro atoms. The quantitative estimate of drug-likeness (QED) is 0.615. The Balaban J connectivity index is 2.52. The lowest BCUT2D eigenvalue weighted by Crippen LogP contribution is -2.07. The summed E-state index contributed by atoms with van der Waals surface area (Å²) in [4.78, 5) is 12.4. The van der Waals surface area contributed by atoms with Gasteiger partial charge >= 0.3 is 5.97 Å². The van der Waals surface area contributed by atoms with Crippen molar-refractivity contribution in [2.75, 3.05) is 0 Å². The highest BCUT2D eigenvalue weighted by atomic mass is 79.9. The first-order valence-electron chi connectivity index (χ1n) is 4.84. The summed E-state index contributed by atoms with van der Waals surface area (Å²) < 4.78 is 6.02. The predicted molar refractivity (Wildman–Crippen MR) is 70.1 cm³/mol. The monoisotopic (exact) mass is 300 g/mol. The zero-order valence-corrected chi connectivity index (χ0v) is 11.6. The molecule has 0 aliphatic rings. The van der Waals surface area contributed by atoms with Gasteiger partial charge < -0.3 is 4.18 Å². The summed E-state index contributed by atoms with van der Waals surface area (Å²) in [5, 5.41) is 0. The van der Waals surface area contributed by atoms with Gasteiger partial charge in [-0.15, -0.1) is 0 Å². The molecule has 86 valence electrons. The molecular formula is C12H13BrO2S. The zero-order valence-electron chi connectivity index (χ0n) is 9.20. The maximum absolute atomic E-state index is 11.5. The maximum atomic E-state index is 11.5. The van der Waals surface area contributed by atoms with E-state index in [9.17, 15) is 4.79 Å². The Labute approximate surface area is 108 Å². The molecule has 0 amide bonds. The average molecular weight is 301 g/mol. The van der Waals surface area contributed by atoms with Crippen LogP contribution in [0.4, 0.5) is 0 Å². The molecule has 0 bridgehead atoms. The summed E-state index contributed by atoms with van der Waals surface area (Å²) in [5.74, 6) is -0.254. The second kappa shape index (κ2) is 6.11. The van der Waals surface area contributed by atoms with Crippen molar-refractivity contribution >= 4 is 33.9 Å². The first-order valence-corrected chi connectivity index (χ1v) is 6.37. The van der Waals surface area contributed by atoms with Crippen LogP contribution >= 0.6 is 28.0 Å². The molecular weight excluding hydrogens is 288 g/mol. The van der Waals surface area contributed by atoms with E-state index in [1.54, 1.807) is 0 Å². The standard InChI is InChI=1S/C12H13BrO2S/c1-8(2)9(3)12(14)15-16-11-6-4-5-10(13)7-11/h4-8H,3H2,1-2H3. The summed E-state index contributed by atoms with van der Waals surface area (Å²) in [6, 6.07) is 7.56. The van der Waals surface area contributed by atoms with Crippen molar-refractivity contribution in [1.82, 2.24) is 0 Å². The fourth-order valence-corrected chi connectivity index (χ4v) is 2.03. The lowest BCUT2D eigenvalue weighted by molar-refractivity contribution is -0.129. The molecule has 0 radical (unpaired) electrons. The molecule has 2 nitrogen and oxygen atoms in total. The summed E-state index contributed by atoms with van der Waals surface area (Å²) in [6.45, 7) is 7.51. The van der Waals surface area contributed by atoms with Gasteiger partial charge in [-0.1, -0.05) is 42.4 Å². The van der Waals surface area contributed by atoms with Crippen molar-refractivity contribution in [3.63, 3.8) is 0 Å². The highest BCUT2D eigenvalue weighted by Gasteiger charge is 2.13. The molecule has 16 heavy (non-hydrogen) atoms. The van der Waals surface area contributed by atoms with E-state index in [4.69, 9.17) is 4.18 Å². The molecule has 0 unspecified atom stereocenters. The van der Waals surface area contributed by atoms with E-state index >= 15 is 0 Å². The molecule has 1 rings (SSSR count). The summed E-state index contributed by atoms with van der Waals surface area (Å²) in [7, 11) is 0. The molecule has 0 heterocycles. The van der Waals surface area contributed by atoms with Crippen molar-refractivity contribution in [3.8, 4) is 0 Å². The largest absolute Gasteiger partial charge is 0.383 e. The molecule has 0 aromatic heterocycles. The Kier molecular flexibility index (Phi) is 5.09. The van der Waals surface area contributed by atoms with Gasteiger partial charge in [-0.3, -0.25) is 0 Å². The average Bonchev–Trinajstić information content (AvgIpc) is 2.24. The Morgan fingerprint density at radius 2 is 2.19 bits per heavy atom. The second-order valence-corrected chi connectivity index (χ2v) is 5.31. The number of carbonyl (C=O) groups excluding carboxylic acids is 1. The van der Waals surface area contributed by atoms with E-state index in [1.165, 1.54) is 0 Å². The van der Waals surface area contributed by atoms with E-state index in [0.29, 0.717) is 5.57 Å². The molecule has 0 N–H and O–H groups in total. The van der Waals surface area contributed by atoms with Crippen LogP contribution in [-0.4, -0.2) is 5.97 Å². The predicted octanol–water partition coefficient (Wildman–Crippen LogP) is 4.21. The molecule has 0 fully saturated rings. The third kappa shape index (κ3) is 4.02. The van der Waals surface area contributed by atoms with Gasteiger partial charge in [0, 0.05) is 14.9 Å². The number of benzene rings is 1. The van der Waals surface area contributed by atoms with Crippen LogP contribution in [0.2, 0.25) is 0 Å². The maximum Gasteiger partial charge on any atom is 0.346 e. The molecule has 1 aromatic rings. The van der Waals surface area contributed by atoms with Crippen LogP contribution in [0.3, 0.4) is 0 Å². The van der Waals surface area contributed by atoms with Crippen LogP contribution in [0, 0.1) is 5.92 Å². The van der Waals surface area contributed by atoms with Crippen LogP contribution in [0.5, 0.6) is 0 Å². The van der Waals surface area contributed by atoms with Crippen LogP contribution in [0.25, 0.3) is 0 Å². The van der Waals surface area contributed by atoms with Gasteiger partial charge in [-0.25, -0.2) is 4.79 Å². The Bertz CT molecular complexity index is 402. The van der Waals surface area contributed by atoms with Crippen molar-refractivity contribution in [2.24, 2.45) is 5.92 Å². The van der Waals surface area contributed by atoms with Gasteiger partial charge in [0.15, 0.2) is 0 Å². The van der Waals surface area contributed by atoms with Gasteiger partial charge in [-0.2, -0.15) is 0 Å². The van der Waals surface area contributed by atoms with E-state index in [0.717, 1.165) is 21.4 Å². The van der Waals surface area contributed by atoms with Gasteiger partial charge in [0.05, 0.1) is 12.0 Å². The van der Waals surface area contributed by atoms with Gasteiger partial charge in [0.1, 0.15) is 0 Å². The lowest BCUT2D eigenvalue weighted by atomic mass is 10.1. The van der Waals surface area contributed by atoms with Crippen LogP contribution in [-0.2, 0) is 8.98 Å². The van der Waals surface area contributed by atoms with Gasteiger partial charge in [-0.05, 0) is 24.1 Å². The normalized spacial score (nSPS) is 10.2. The number of halogens is 1. The fourth-order valence-electron chi connectivity index (χ4n) is 0.894. The van der Waals surface area contributed by atoms with Crippen LogP contribution < -0.4 is 0 Å². The minimum Gasteiger partial charge on any atom is -0.383 e.